The molecule has 0 spiro atoms. The molecule has 0 heterocycles. The number of hydrogen-bond donors (Lipinski definition) is 1. The lowest BCUT2D eigenvalue weighted by Gasteiger charge is -2.23. The number of carboxylic acids is 1. The summed E-state index contributed by atoms with van der Waals surface area (Å²) in [5, 5.41) is 9.64. The average Bonchev–Trinajstić information content (AvgIpc) is 2.78. The molecule has 104 valence electrons. The SMILES string of the molecule is CCCCCCCC1(C(=O)O)Cc2ccccc2C1. The number of aliphatic carboxylic acids is 1. The molecule has 2 heteroatoms. The molecular weight excluding hydrogens is 236 g/mol. The number of fused-ring (bicyclic) bond motifs is 1. The summed E-state index contributed by atoms with van der Waals surface area (Å²) in [7, 11) is 0. The number of rotatable bonds is 7. The Morgan fingerprint density at radius 1 is 1.11 bits per heavy atom. The third kappa shape index (κ3) is 3.17. The summed E-state index contributed by atoms with van der Waals surface area (Å²) in [6, 6.07) is 8.18. The topological polar surface area (TPSA) is 37.3 Å². The van der Waals surface area contributed by atoms with Gasteiger partial charge >= 0.3 is 5.97 Å². The Labute approximate surface area is 115 Å². The van der Waals surface area contributed by atoms with Crippen molar-refractivity contribution in [3.05, 3.63) is 35.4 Å². The molecule has 1 aliphatic rings. The second-order valence-corrected chi connectivity index (χ2v) is 5.87. The minimum absolute atomic E-state index is 0.532. The van der Waals surface area contributed by atoms with Gasteiger partial charge in [-0.15, -0.1) is 0 Å². The predicted octanol–water partition coefficient (Wildman–Crippen LogP) is 4.22. The summed E-state index contributed by atoms with van der Waals surface area (Å²) in [5.74, 6) is -0.612. The number of benzene rings is 1. The van der Waals surface area contributed by atoms with Crippen LogP contribution in [0.2, 0.25) is 0 Å². The Balaban J connectivity index is 1.96. The molecule has 19 heavy (non-hydrogen) atoms. The second kappa shape index (κ2) is 6.23. The van der Waals surface area contributed by atoms with Crippen molar-refractivity contribution in [3.8, 4) is 0 Å². The molecule has 1 aliphatic carbocycles. The molecule has 1 N–H and O–H groups in total. The Bertz CT molecular complexity index is 412. The highest BCUT2D eigenvalue weighted by Gasteiger charge is 2.43. The minimum Gasteiger partial charge on any atom is -0.481 e. The highest BCUT2D eigenvalue weighted by molar-refractivity contribution is 5.77. The van der Waals surface area contributed by atoms with Crippen molar-refractivity contribution in [2.24, 2.45) is 5.41 Å². The van der Waals surface area contributed by atoms with Gasteiger partial charge in [-0.25, -0.2) is 0 Å². The first-order chi connectivity index (χ1) is 9.18. The lowest BCUT2D eigenvalue weighted by Crippen LogP contribution is -2.31. The van der Waals surface area contributed by atoms with Gasteiger partial charge in [0.25, 0.3) is 0 Å². The molecule has 0 unspecified atom stereocenters. The van der Waals surface area contributed by atoms with E-state index in [9.17, 15) is 9.90 Å². The number of hydrogen-bond acceptors (Lipinski definition) is 1. The Kier molecular flexibility index (Phi) is 4.62. The van der Waals surface area contributed by atoms with Crippen LogP contribution in [-0.4, -0.2) is 11.1 Å². The molecule has 0 aliphatic heterocycles. The van der Waals surface area contributed by atoms with Gasteiger partial charge in [0.2, 0.25) is 0 Å². The summed E-state index contributed by atoms with van der Waals surface area (Å²) >= 11 is 0. The zero-order chi connectivity index (χ0) is 13.7. The first kappa shape index (κ1) is 14.1. The van der Waals surface area contributed by atoms with Gasteiger partial charge in [-0.1, -0.05) is 63.3 Å². The molecule has 0 saturated carbocycles. The van der Waals surface area contributed by atoms with Crippen molar-refractivity contribution in [3.63, 3.8) is 0 Å². The van der Waals surface area contributed by atoms with Gasteiger partial charge in [0.1, 0.15) is 0 Å². The van der Waals surface area contributed by atoms with E-state index in [1.165, 1.54) is 36.8 Å². The number of carbonyl (C=O) groups is 1. The molecular formula is C17H24O2. The fraction of sp³-hybridized carbons (Fsp3) is 0.588. The summed E-state index contributed by atoms with van der Waals surface area (Å²) in [6.07, 6.45) is 8.19. The maximum atomic E-state index is 11.7. The Hall–Kier alpha value is -1.31. The standard InChI is InChI=1S/C17H24O2/c1-2-3-4-5-8-11-17(16(18)19)12-14-9-6-7-10-15(14)13-17/h6-7,9-10H,2-5,8,11-13H2,1H3,(H,18,19). The van der Waals surface area contributed by atoms with Gasteiger partial charge in [-0.3, -0.25) is 4.79 Å². The van der Waals surface area contributed by atoms with E-state index in [-0.39, 0.29) is 0 Å². The van der Waals surface area contributed by atoms with Crippen LogP contribution in [0.15, 0.2) is 24.3 Å². The Morgan fingerprint density at radius 3 is 2.21 bits per heavy atom. The summed E-state index contributed by atoms with van der Waals surface area (Å²) < 4.78 is 0. The molecule has 0 aromatic heterocycles. The van der Waals surface area contributed by atoms with E-state index in [2.05, 4.69) is 19.1 Å². The molecule has 0 amide bonds. The smallest absolute Gasteiger partial charge is 0.310 e. The van der Waals surface area contributed by atoms with Crippen LogP contribution in [0.4, 0.5) is 0 Å². The van der Waals surface area contributed by atoms with Crippen LogP contribution in [0.1, 0.15) is 56.6 Å². The third-order valence-electron chi connectivity index (χ3n) is 4.39. The Morgan fingerprint density at radius 2 is 1.68 bits per heavy atom. The molecule has 2 rings (SSSR count). The summed E-state index contributed by atoms with van der Waals surface area (Å²) in [4.78, 5) is 11.7. The monoisotopic (exact) mass is 260 g/mol. The predicted molar refractivity (Wildman–Crippen MR) is 77.3 cm³/mol. The number of unbranched alkanes of at least 4 members (excludes halogenated alkanes) is 4. The van der Waals surface area contributed by atoms with Crippen LogP contribution in [0.5, 0.6) is 0 Å². The molecule has 2 nitrogen and oxygen atoms in total. The second-order valence-electron chi connectivity index (χ2n) is 5.87. The van der Waals surface area contributed by atoms with Gasteiger partial charge in [0, 0.05) is 0 Å². The van der Waals surface area contributed by atoms with E-state index in [1.807, 2.05) is 12.1 Å². The van der Waals surface area contributed by atoms with Crippen LogP contribution in [0, 0.1) is 5.41 Å². The largest absolute Gasteiger partial charge is 0.481 e. The van der Waals surface area contributed by atoms with Gasteiger partial charge < -0.3 is 5.11 Å². The van der Waals surface area contributed by atoms with E-state index < -0.39 is 11.4 Å². The first-order valence-electron chi connectivity index (χ1n) is 7.48. The highest BCUT2D eigenvalue weighted by atomic mass is 16.4. The fourth-order valence-electron chi connectivity index (χ4n) is 3.20. The van der Waals surface area contributed by atoms with Crippen molar-refractivity contribution >= 4 is 5.97 Å². The third-order valence-corrected chi connectivity index (χ3v) is 4.39. The van der Waals surface area contributed by atoms with E-state index in [1.54, 1.807) is 0 Å². The van der Waals surface area contributed by atoms with E-state index >= 15 is 0 Å². The normalized spacial score (nSPS) is 16.3. The van der Waals surface area contributed by atoms with E-state index in [0.717, 1.165) is 12.8 Å². The van der Waals surface area contributed by atoms with Gasteiger partial charge in [0.05, 0.1) is 5.41 Å². The molecule has 1 aromatic rings. The highest BCUT2D eigenvalue weighted by Crippen LogP contribution is 2.41. The van der Waals surface area contributed by atoms with Crippen molar-refractivity contribution in [1.82, 2.24) is 0 Å². The van der Waals surface area contributed by atoms with Crippen molar-refractivity contribution in [2.45, 2.75) is 58.3 Å². The lowest BCUT2D eigenvalue weighted by molar-refractivity contribution is -0.149. The van der Waals surface area contributed by atoms with Gasteiger partial charge in [-0.2, -0.15) is 0 Å². The summed E-state index contributed by atoms with van der Waals surface area (Å²) in [5.41, 5.74) is 1.94. The zero-order valence-electron chi connectivity index (χ0n) is 11.8. The minimum atomic E-state index is -0.612. The maximum Gasteiger partial charge on any atom is 0.310 e. The van der Waals surface area contributed by atoms with Crippen molar-refractivity contribution < 1.29 is 9.90 Å². The molecule has 0 fully saturated rings. The molecule has 0 saturated heterocycles. The zero-order valence-corrected chi connectivity index (χ0v) is 11.8. The maximum absolute atomic E-state index is 11.7. The van der Waals surface area contributed by atoms with Gasteiger partial charge in [0.15, 0.2) is 0 Å². The van der Waals surface area contributed by atoms with Crippen LogP contribution < -0.4 is 0 Å². The van der Waals surface area contributed by atoms with Crippen molar-refractivity contribution in [2.75, 3.05) is 0 Å². The quantitative estimate of drug-likeness (QED) is 0.745. The first-order valence-corrected chi connectivity index (χ1v) is 7.48. The average molecular weight is 260 g/mol. The van der Waals surface area contributed by atoms with Crippen LogP contribution in [0.3, 0.4) is 0 Å². The van der Waals surface area contributed by atoms with Gasteiger partial charge in [-0.05, 0) is 30.4 Å². The van der Waals surface area contributed by atoms with E-state index in [0.29, 0.717) is 12.8 Å². The lowest BCUT2D eigenvalue weighted by atomic mass is 9.79. The van der Waals surface area contributed by atoms with Crippen LogP contribution in [0.25, 0.3) is 0 Å². The fourth-order valence-corrected chi connectivity index (χ4v) is 3.20. The molecule has 1 aromatic carbocycles. The van der Waals surface area contributed by atoms with Crippen LogP contribution >= 0.6 is 0 Å². The molecule has 0 atom stereocenters. The summed E-state index contributed by atoms with van der Waals surface area (Å²) in [6.45, 7) is 2.20. The molecule has 0 radical (unpaired) electrons. The van der Waals surface area contributed by atoms with Crippen molar-refractivity contribution in [1.29, 1.82) is 0 Å². The number of carboxylic acid groups (broad SMARTS) is 1. The van der Waals surface area contributed by atoms with Crippen LogP contribution in [-0.2, 0) is 17.6 Å². The van der Waals surface area contributed by atoms with E-state index in [4.69, 9.17) is 0 Å². The molecule has 0 bridgehead atoms.